The molecule has 0 atom stereocenters. The number of nitrogens with zero attached hydrogens (tertiary/aromatic N) is 2. The van der Waals surface area contributed by atoms with Gasteiger partial charge in [-0.15, -0.1) is 0 Å². The van der Waals surface area contributed by atoms with Gasteiger partial charge in [-0.2, -0.15) is 4.31 Å². The maximum atomic E-state index is 13.3. The molecule has 1 aromatic heterocycles. The molecule has 1 aromatic carbocycles. The molecule has 0 bridgehead atoms. The summed E-state index contributed by atoms with van der Waals surface area (Å²) in [5.41, 5.74) is 2.65. The number of ether oxygens (including phenoxy) is 2. The van der Waals surface area contributed by atoms with Crippen LogP contribution in [0.2, 0.25) is 0 Å². The van der Waals surface area contributed by atoms with E-state index in [0.29, 0.717) is 29.1 Å². The number of benzene rings is 1. The van der Waals surface area contributed by atoms with E-state index in [1.54, 1.807) is 30.5 Å². The Bertz CT molecular complexity index is 1050. The lowest BCUT2D eigenvalue weighted by atomic mass is 10.1. The van der Waals surface area contributed by atoms with Crippen LogP contribution in [0.1, 0.15) is 44.6 Å². The van der Waals surface area contributed by atoms with Crippen molar-refractivity contribution in [1.82, 2.24) is 8.87 Å². The van der Waals surface area contributed by atoms with Crippen molar-refractivity contribution in [2.24, 2.45) is 0 Å². The molecule has 1 heterocycles. The predicted molar refractivity (Wildman–Crippen MR) is 117 cm³/mol. The number of Topliss-reactive ketones (excluding diaryl/α,β-unsaturated/α-hetero) is 1. The molecule has 0 unspecified atom stereocenters. The maximum Gasteiger partial charge on any atom is 0.354 e. The minimum absolute atomic E-state index is 0.0227. The van der Waals surface area contributed by atoms with Gasteiger partial charge in [0, 0.05) is 31.5 Å². The molecule has 0 amide bonds. The molecule has 0 saturated heterocycles. The molecular formula is C22H30N2O6S. The van der Waals surface area contributed by atoms with Crippen molar-refractivity contribution >= 4 is 21.8 Å². The third kappa shape index (κ3) is 5.06. The average molecular weight is 451 g/mol. The number of aryl methyl sites for hydroxylation is 1. The number of esters is 1. The van der Waals surface area contributed by atoms with E-state index in [2.05, 4.69) is 0 Å². The molecule has 9 heteroatoms. The summed E-state index contributed by atoms with van der Waals surface area (Å²) in [6.45, 7) is 7.41. The summed E-state index contributed by atoms with van der Waals surface area (Å²) in [4.78, 5) is 25.6. The first-order valence-corrected chi connectivity index (χ1v) is 11.4. The van der Waals surface area contributed by atoms with Gasteiger partial charge in [0.15, 0.2) is 5.78 Å². The molecule has 0 aliphatic heterocycles. The summed E-state index contributed by atoms with van der Waals surface area (Å²) >= 11 is 0. The Kier molecular flexibility index (Phi) is 8.16. The van der Waals surface area contributed by atoms with Gasteiger partial charge in [0.2, 0.25) is 10.0 Å². The molecule has 0 aliphatic rings. The molecule has 0 spiro atoms. The summed E-state index contributed by atoms with van der Waals surface area (Å²) < 4.78 is 39.2. The van der Waals surface area contributed by atoms with Crippen molar-refractivity contribution in [2.75, 3.05) is 33.9 Å². The van der Waals surface area contributed by atoms with Crippen LogP contribution in [-0.2, 0) is 26.0 Å². The summed E-state index contributed by atoms with van der Waals surface area (Å²) in [6.07, 6.45) is 0. The number of aromatic nitrogens is 1. The zero-order chi connectivity index (χ0) is 23.3. The highest BCUT2D eigenvalue weighted by atomic mass is 32.2. The van der Waals surface area contributed by atoms with Gasteiger partial charge in [-0.3, -0.25) is 4.79 Å². The Morgan fingerprint density at radius 1 is 1.06 bits per heavy atom. The van der Waals surface area contributed by atoms with Crippen LogP contribution in [0.15, 0.2) is 29.2 Å². The van der Waals surface area contributed by atoms with Crippen molar-refractivity contribution < 1.29 is 27.5 Å². The van der Waals surface area contributed by atoms with Gasteiger partial charge < -0.3 is 14.0 Å². The molecule has 0 fully saturated rings. The zero-order valence-corrected chi connectivity index (χ0v) is 19.7. The van der Waals surface area contributed by atoms with Crippen LogP contribution in [0.4, 0.5) is 0 Å². The van der Waals surface area contributed by atoms with Gasteiger partial charge in [-0.25, -0.2) is 13.2 Å². The van der Waals surface area contributed by atoms with E-state index < -0.39 is 16.0 Å². The van der Waals surface area contributed by atoms with Gasteiger partial charge in [-0.1, -0.05) is 17.7 Å². The number of methoxy groups -OCH3 is 2. The van der Waals surface area contributed by atoms with Crippen LogP contribution < -0.4 is 0 Å². The Morgan fingerprint density at radius 2 is 1.68 bits per heavy atom. The van der Waals surface area contributed by atoms with Crippen molar-refractivity contribution in [3.05, 3.63) is 52.3 Å². The number of carbonyl (C=O) groups is 2. The second kappa shape index (κ2) is 10.2. The zero-order valence-electron chi connectivity index (χ0n) is 18.9. The number of sulfonamides is 1. The second-order valence-corrected chi connectivity index (χ2v) is 9.18. The Hall–Kier alpha value is -2.49. The second-order valence-electron chi connectivity index (χ2n) is 7.24. The molecule has 0 N–H and O–H groups in total. The highest BCUT2D eigenvalue weighted by Gasteiger charge is 2.31. The molecule has 2 aromatic rings. The minimum atomic E-state index is -3.91. The predicted octanol–water partition coefficient (Wildman–Crippen LogP) is 2.74. The lowest BCUT2D eigenvalue weighted by Gasteiger charge is -2.21. The highest BCUT2D eigenvalue weighted by Crippen LogP contribution is 2.25. The molecule has 0 aliphatic carbocycles. The Balaban J connectivity index is 2.47. The number of ketones is 1. The summed E-state index contributed by atoms with van der Waals surface area (Å²) in [5, 5.41) is 0. The molecule has 8 nitrogen and oxygen atoms in total. The molecule has 170 valence electrons. The van der Waals surface area contributed by atoms with E-state index >= 15 is 0 Å². The van der Waals surface area contributed by atoms with E-state index in [1.165, 1.54) is 26.4 Å². The summed E-state index contributed by atoms with van der Waals surface area (Å²) in [7, 11) is -1.16. The number of hydrogen-bond donors (Lipinski definition) is 0. The van der Waals surface area contributed by atoms with E-state index in [9.17, 15) is 18.0 Å². The summed E-state index contributed by atoms with van der Waals surface area (Å²) in [5.74, 6) is -0.927. The van der Waals surface area contributed by atoms with E-state index in [4.69, 9.17) is 9.47 Å². The number of carbonyl (C=O) groups excluding carboxylic acids is 2. The maximum absolute atomic E-state index is 13.3. The molecule has 0 saturated carbocycles. The number of hydrogen-bond acceptors (Lipinski definition) is 6. The van der Waals surface area contributed by atoms with Crippen LogP contribution >= 0.6 is 0 Å². The topological polar surface area (TPSA) is 94.9 Å². The average Bonchev–Trinajstić information content (AvgIpc) is 2.99. The van der Waals surface area contributed by atoms with Crippen LogP contribution in [-0.4, -0.2) is 63.0 Å². The van der Waals surface area contributed by atoms with Gasteiger partial charge in [0.1, 0.15) is 5.69 Å². The third-order valence-electron chi connectivity index (χ3n) is 5.26. The van der Waals surface area contributed by atoms with E-state index in [1.807, 2.05) is 13.8 Å². The number of rotatable bonds is 10. The quantitative estimate of drug-likeness (QED) is 0.408. The first-order chi connectivity index (χ1) is 14.6. The van der Waals surface area contributed by atoms with Gasteiger partial charge >= 0.3 is 5.97 Å². The van der Waals surface area contributed by atoms with E-state index in [-0.39, 0.29) is 30.4 Å². The minimum Gasteiger partial charge on any atom is -0.464 e. The normalized spacial score (nSPS) is 11.7. The lowest BCUT2D eigenvalue weighted by Crippen LogP contribution is -2.38. The lowest BCUT2D eigenvalue weighted by molar-refractivity contribution is 0.0587. The largest absolute Gasteiger partial charge is 0.464 e. The summed E-state index contributed by atoms with van der Waals surface area (Å²) in [6, 6.07) is 6.46. The van der Waals surface area contributed by atoms with Gasteiger partial charge in [0.05, 0.1) is 25.2 Å². The molecule has 0 radical (unpaired) electrons. The van der Waals surface area contributed by atoms with Gasteiger partial charge in [0.25, 0.3) is 0 Å². The fourth-order valence-electron chi connectivity index (χ4n) is 3.64. The van der Waals surface area contributed by atoms with Crippen LogP contribution in [0, 0.1) is 20.8 Å². The first-order valence-electron chi connectivity index (χ1n) is 9.97. The smallest absolute Gasteiger partial charge is 0.354 e. The van der Waals surface area contributed by atoms with Crippen molar-refractivity contribution in [1.29, 1.82) is 0 Å². The van der Waals surface area contributed by atoms with Gasteiger partial charge in [-0.05, 0) is 45.4 Å². The first kappa shape index (κ1) is 24.8. The fourth-order valence-corrected chi connectivity index (χ4v) is 5.02. The van der Waals surface area contributed by atoms with Crippen LogP contribution in [0.3, 0.4) is 0 Å². The Morgan fingerprint density at radius 3 is 2.19 bits per heavy atom. The highest BCUT2D eigenvalue weighted by molar-refractivity contribution is 7.89. The van der Waals surface area contributed by atoms with Crippen molar-refractivity contribution in [3.8, 4) is 0 Å². The van der Waals surface area contributed by atoms with Crippen molar-refractivity contribution in [2.45, 2.75) is 39.1 Å². The van der Waals surface area contributed by atoms with E-state index in [0.717, 1.165) is 9.87 Å². The Labute approximate surface area is 183 Å². The van der Waals surface area contributed by atoms with Crippen LogP contribution in [0.5, 0.6) is 0 Å². The third-order valence-corrected chi connectivity index (χ3v) is 7.12. The monoisotopic (exact) mass is 450 g/mol. The molecule has 2 rings (SSSR count). The van der Waals surface area contributed by atoms with Crippen LogP contribution in [0.25, 0.3) is 0 Å². The fraction of sp³-hybridized carbons (Fsp3) is 0.455. The van der Waals surface area contributed by atoms with Crippen molar-refractivity contribution in [3.63, 3.8) is 0 Å². The SMILES string of the molecule is CCn1c(C)c(C(=O)CN(CCOC)S(=O)(=O)c2ccc(C)cc2)c(C)c1C(=O)OC. The molecule has 31 heavy (non-hydrogen) atoms. The molecular weight excluding hydrogens is 420 g/mol. The standard InChI is InChI=1S/C22H30N2O6S/c1-7-24-17(4)20(16(3)21(24)22(26)30-6)19(25)14-23(12-13-29-5)31(27,28)18-10-8-15(2)9-11-18/h8-11H,7,12-14H2,1-6H3.